The van der Waals surface area contributed by atoms with Gasteiger partial charge in [-0.15, -0.1) is 11.3 Å². The van der Waals surface area contributed by atoms with Gasteiger partial charge >= 0.3 is 0 Å². The SMILES string of the molecule is CCc1nc2c(s1)C(NC1CC1C)CCC2. The molecule has 3 heteroatoms. The highest BCUT2D eigenvalue weighted by atomic mass is 32.1. The topological polar surface area (TPSA) is 24.9 Å². The number of fused-ring (bicyclic) bond motifs is 1. The smallest absolute Gasteiger partial charge is 0.0928 e. The molecule has 3 unspecified atom stereocenters. The molecule has 88 valence electrons. The van der Waals surface area contributed by atoms with E-state index in [-0.39, 0.29) is 0 Å². The van der Waals surface area contributed by atoms with Gasteiger partial charge in [0.25, 0.3) is 0 Å². The van der Waals surface area contributed by atoms with E-state index in [4.69, 9.17) is 4.98 Å². The minimum atomic E-state index is 0.608. The van der Waals surface area contributed by atoms with Gasteiger partial charge in [0.05, 0.1) is 10.7 Å². The zero-order valence-corrected chi connectivity index (χ0v) is 10.9. The van der Waals surface area contributed by atoms with Crippen LogP contribution in [0.25, 0.3) is 0 Å². The molecule has 1 aromatic heterocycles. The van der Waals surface area contributed by atoms with Gasteiger partial charge in [-0.25, -0.2) is 4.98 Å². The van der Waals surface area contributed by atoms with Crippen LogP contribution in [0.4, 0.5) is 0 Å². The fourth-order valence-electron chi connectivity index (χ4n) is 2.59. The normalized spacial score (nSPS) is 32.5. The lowest BCUT2D eigenvalue weighted by atomic mass is 9.98. The highest BCUT2D eigenvalue weighted by Gasteiger charge is 2.36. The summed E-state index contributed by atoms with van der Waals surface area (Å²) in [6.07, 6.45) is 6.26. The van der Waals surface area contributed by atoms with Crippen LogP contribution >= 0.6 is 11.3 Å². The number of hydrogen-bond donors (Lipinski definition) is 1. The number of rotatable bonds is 3. The Balaban J connectivity index is 1.78. The van der Waals surface area contributed by atoms with Gasteiger partial charge in [-0.1, -0.05) is 13.8 Å². The Hall–Kier alpha value is -0.410. The molecule has 0 saturated heterocycles. The van der Waals surface area contributed by atoms with Crippen molar-refractivity contribution in [2.75, 3.05) is 0 Å². The number of aromatic nitrogens is 1. The standard InChI is InChI=1S/C13H20N2S/c1-3-12-15-10-6-4-5-9(13(10)16-12)14-11-7-8(11)2/h8-9,11,14H,3-7H2,1-2H3. The summed E-state index contributed by atoms with van der Waals surface area (Å²) in [4.78, 5) is 6.29. The molecular formula is C13H20N2S. The minimum absolute atomic E-state index is 0.608. The summed E-state index contributed by atoms with van der Waals surface area (Å²) in [5, 5.41) is 5.13. The average molecular weight is 236 g/mol. The maximum absolute atomic E-state index is 4.74. The van der Waals surface area contributed by atoms with Gasteiger partial charge in [0.1, 0.15) is 0 Å². The maximum atomic E-state index is 4.74. The molecule has 1 fully saturated rings. The number of hydrogen-bond acceptors (Lipinski definition) is 3. The van der Waals surface area contributed by atoms with Crippen LogP contribution < -0.4 is 5.32 Å². The Morgan fingerprint density at radius 1 is 1.50 bits per heavy atom. The van der Waals surface area contributed by atoms with E-state index in [2.05, 4.69) is 19.2 Å². The molecule has 0 radical (unpaired) electrons. The fourth-order valence-corrected chi connectivity index (χ4v) is 3.74. The van der Waals surface area contributed by atoms with Crippen LogP contribution in [0.5, 0.6) is 0 Å². The molecule has 1 aromatic rings. The van der Waals surface area contributed by atoms with Crippen LogP contribution in [0.15, 0.2) is 0 Å². The van der Waals surface area contributed by atoms with Crippen molar-refractivity contribution in [2.45, 2.75) is 58.0 Å². The van der Waals surface area contributed by atoms with Crippen molar-refractivity contribution in [3.8, 4) is 0 Å². The summed E-state index contributed by atoms with van der Waals surface area (Å²) in [5.74, 6) is 0.893. The average Bonchev–Trinajstić information content (AvgIpc) is 2.82. The van der Waals surface area contributed by atoms with Gasteiger partial charge < -0.3 is 5.32 Å². The quantitative estimate of drug-likeness (QED) is 0.872. The Labute approximate surface area is 101 Å². The van der Waals surface area contributed by atoms with E-state index < -0.39 is 0 Å². The third-order valence-electron chi connectivity index (χ3n) is 3.82. The van der Waals surface area contributed by atoms with E-state index in [0.717, 1.165) is 18.4 Å². The van der Waals surface area contributed by atoms with E-state index in [0.29, 0.717) is 6.04 Å². The third-order valence-corrected chi connectivity index (χ3v) is 5.18. The lowest BCUT2D eigenvalue weighted by Crippen LogP contribution is -2.26. The number of thiazole rings is 1. The molecule has 3 atom stereocenters. The van der Waals surface area contributed by atoms with Crippen molar-refractivity contribution in [3.05, 3.63) is 15.6 Å². The summed E-state index contributed by atoms with van der Waals surface area (Å²) in [6, 6.07) is 1.39. The van der Waals surface area contributed by atoms with Crippen LogP contribution in [-0.4, -0.2) is 11.0 Å². The molecule has 0 aromatic carbocycles. The van der Waals surface area contributed by atoms with Crippen molar-refractivity contribution >= 4 is 11.3 Å². The van der Waals surface area contributed by atoms with Crippen LogP contribution in [0.1, 0.15) is 54.7 Å². The van der Waals surface area contributed by atoms with Gasteiger partial charge in [0, 0.05) is 17.0 Å². The van der Waals surface area contributed by atoms with Crippen molar-refractivity contribution in [2.24, 2.45) is 5.92 Å². The van der Waals surface area contributed by atoms with E-state index >= 15 is 0 Å². The molecule has 1 heterocycles. The second-order valence-corrected chi connectivity index (χ2v) is 6.32. The van der Waals surface area contributed by atoms with Crippen molar-refractivity contribution in [3.63, 3.8) is 0 Å². The maximum Gasteiger partial charge on any atom is 0.0928 e. The van der Waals surface area contributed by atoms with Gasteiger partial charge in [0.15, 0.2) is 0 Å². The predicted octanol–water partition coefficient (Wildman–Crippen LogP) is 3.08. The Morgan fingerprint density at radius 2 is 2.31 bits per heavy atom. The van der Waals surface area contributed by atoms with Gasteiger partial charge in [0.2, 0.25) is 0 Å². The summed E-state index contributed by atoms with van der Waals surface area (Å²) in [5.41, 5.74) is 1.39. The molecule has 2 aliphatic rings. The molecule has 0 spiro atoms. The van der Waals surface area contributed by atoms with E-state index in [9.17, 15) is 0 Å². The van der Waals surface area contributed by atoms with Crippen LogP contribution in [0.2, 0.25) is 0 Å². The summed E-state index contributed by atoms with van der Waals surface area (Å²) >= 11 is 1.94. The Morgan fingerprint density at radius 3 is 3.00 bits per heavy atom. The molecule has 0 aliphatic heterocycles. The molecular weight excluding hydrogens is 216 g/mol. The number of nitrogens with one attached hydrogen (secondary N) is 1. The molecule has 0 bridgehead atoms. The zero-order chi connectivity index (χ0) is 11.1. The highest BCUT2D eigenvalue weighted by molar-refractivity contribution is 7.11. The van der Waals surface area contributed by atoms with Crippen molar-refractivity contribution in [1.29, 1.82) is 0 Å². The number of nitrogens with zero attached hydrogens (tertiary/aromatic N) is 1. The lowest BCUT2D eigenvalue weighted by molar-refractivity contribution is 0.453. The molecule has 2 nitrogen and oxygen atoms in total. The zero-order valence-electron chi connectivity index (χ0n) is 10.1. The highest BCUT2D eigenvalue weighted by Crippen LogP contribution is 2.38. The first-order valence-electron chi connectivity index (χ1n) is 6.52. The van der Waals surface area contributed by atoms with Crippen molar-refractivity contribution < 1.29 is 0 Å². The van der Waals surface area contributed by atoms with Gasteiger partial charge in [-0.05, 0) is 38.0 Å². The monoisotopic (exact) mass is 236 g/mol. The number of aryl methyl sites for hydroxylation is 2. The van der Waals surface area contributed by atoms with Crippen LogP contribution in [-0.2, 0) is 12.8 Å². The predicted molar refractivity (Wildman–Crippen MR) is 67.9 cm³/mol. The Bertz CT molecular complexity index is 385. The second-order valence-electron chi connectivity index (χ2n) is 5.20. The minimum Gasteiger partial charge on any atom is -0.306 e. The van der Waals surface area contributed by atoms with E-state index in [1.54, 1.807) is 4.88 Å². The summed E-state index contributed by atoms with van der Waals surface area (Å²) in [6.45, 7) is 4.54. The van der Waals surface area contributed by atoms with E-state index in [1.807, 2.05) is 11.3 Å². The molecule has 16 heavy (non-hydrogen) atoms. The van der Waals surface area contributed by atoms with Gasteiger partial charge in [-0.3, -0.25) is 0 Å². The van der Waals surface area contributed by atoms with Crippen LogP contribution in [0.3, 0.4) is 0 Å². The summed E-state index contributed by atoms with van der Waals surface area (Å²) < 4.78 is 0. The summed E-state index contributed by atoms with van der Waals surface area (Å²) in [7, 11) is 0. The molecule has 0 amide bonds. The molecule has 3 rings (SSSR count). The second kappa shape index (κ2) is 4.11. The molecule has 2 aliphatic carbocycles. The lowest BCUT2D eigenvalue weighted by Gasteiger charge is -2.22. The molecule has 1 N–H and O–H groups in total. The first-order chi connectivity index (χ1) is 7.78. The molecule has 1 saturated carbocycles. The van der Waals surface area contributed by atoms with Gasteiger partial charge in [-0.2, -0.15) is 0 Å². The largest absolute Gasteiger partial charge is 0.306 e. The van der Waals surface area contributed by atoms with E-state index in [1.165, 1.54) is 36.4 Å². The van der Waals surface area contributed by atoms with Crippen molar-refractivity contribution in [1.82, 2.24) is 10.3 Å². The van der Waals surface area contributed by atoms with Crippen LogP contribution in [0, 0.1) is 5.92 Å². The first kappa shape index (κ1) is 10.7. The Kier molecular flexibility index (Phi) is 2.76. The fraction of sp³-hybridized carbons (Fsp3) is 0.769. The third kappa shape index (κ3) is 1.91. The first-order valence-corrected chi connectivity index (χ1v) is 7.34.